The number of hydrogen-bond donors (Lipinski definition) is 2. The predicted molar refractivity (Wildman–Crippen MR) is 97.8 cm³/mol. The fraction of sp³-hybridized carbons (Fsp3) is 0.222. The zero-order valence-electron chi connectivity index (χ0n) is 14.0. The van der Waals surface area contributed by atoms with Gasteiger partial charge in [-0.1, -0.05) is 11.6 Å². The summed E-state index contributed by atoms with van der Waals surface area (Å²) >= 11 is 5.96. The average molecular weight is 394 g/mol. The molecule has 0 saturated heterocycles. The van der Waals surface area contributed by atoms with E-state index in [1.54, 1.807) is 18.6 Å². The minimum Gasteiger partial charge on any atom is -0.367 e. The number of benzene rings is 1. The Morgan fingerprint density at radius 1 is 1.15 bits per heavy atom. The van der Waals surface area contributed by atoms with Crippen molar-refractivity contribution in [1.29, 1.82) is 0 Å². The number of fused-ring (bicyclic) bond motifs is 1. The fourth-order valence-electron chi connectivity index (χ4n) is 3.17. The van der Waals surface area contributed by atoms with Crippen LogP contribution in [0.4, 0.5) is 24.7 Å². The molecule has 0 radical (unpaired) electrons. The van der Waals surface area contributed by atoms with Gasteiger partial charge in [-0.25, -0.2) is 4.98 Å². The van der Waals surface area contributed by atoms with Crippen molar-refractivity contribution in [3.63, 3.8) is 0 Å². The van der Waals surface area contributed by atoms with Gasteiger partial charge in [-0.2, -0.15) is 18.3 Å². The first-order chi connectivity index (χ1) is 12.9. The van der Waals surface area contributed by atoms with E-state index in [0.717, 1.165) is 22.9 Å². The minimum atomic E-state index is -4.44. The summed E-state index contributed by atoms with van der Waals surface area (Å²) in [5, 5.41) is 10.1. The highest BCUT2D eigenvalue weighted by atomic mass is 35.5. The molecule has 2 N–H and O–H groups in total. The van der Waals surface area contributed by atoms with E-state index < -0.39 is 11.7 Å². The van der Waals surface area contributed by atoms with E-state index in [1.165, 1.54) is 12.1 Å². The zero-order chi connectivity index (χ0) is 19.0. The first-order valence-corrected chi connectivity index (χ1v) is 8.63. The van der Waals surface area contributed by atoms with Crippen LogP contribution in [0.25, 0.3) is 11.1 Å². The van der Waals surface area contributed by atoms with Gasteiger partial charge in [0.05, 0.1) is 17.4 Å². The maximum Gasteiger partial charge on any atom is 0.416 e. The van der Waals surface area contributed by atoms with Crippen molar-refractivity contribution < 1.29 is 13.2 Å². The first-order valence-electron chi connectivity index (χ1n) is 8.25. The lowest BCUT2D eigenvalue weighted by Crippen LogP contribution is -2.34. The molecule has 0 amide bonds. The van der Waals surface area contributed by atoms with Crippen molar-refractivity contribution in [2.45, 2.75) is 12.7 Å². The van der Waals surface area contributed by atoms with Crippen LogP contribution >= 0.6 is 11.6 Å². The van der Waals surface area contributed by atoms with Gasteiger partial charge >= 0.3 is 6.18 Å². The number of hydrogen-bond acceptors (Lipinski definition) is 4. The largest absolute Gasteiger partial charge is 0.416 e. The van der Waals surface area contributed by atoms with E-state index >= 15 is 0 Å². The lowest BCUT2D eigenvalue weighted by Gasteiger charge is -2.32. The highest BCUT2D eigenvalue weighted by Gasteiger charge is 2.34. The summed E-state index contributed by atoms with van der Waals surface area (Å²) in [5.41, 5.74) is 1.89. The number of aromatic amines is 1. The van der Waals surface area contributed by atoms with E-state index in [2.05, 4.69) is 20.5 Å². The third kappa shape index (κ3) is 3.57. The van der Waals surface area contributed by atoms with E-state index in [-0.39, 0.29) is 17.1 Å². The van der Waals surface area contributed by atoms with Gasteiger partial charge in [0.2, 0.25) is 0 Å². The molecule has 0 aliphatic carbocycles. The molecule has 0 bridgehead atoms. The van der Waals surface area contributed by atoms with Crippen LogP contribution in [-0.4, -0.2) is 28.3 Å². The molecule has 1 aromatic carbocycles. The molecular formula is C18H15ClF3N5. The van der Waals surface area contributed by atoms with Crippen molar-refractivity contribution in [2.75, 3.05) is 23.3 Å². The van der Waals surface area contributed by atoms with Crippen LogP contribution in [0.2, 0.25) is 5.02 Å². The second-order valence-electron chi connectivity index (χ2n) is 6.23. The normalized spacial score (nSPS) is 14.0. The number of aromatic nitrogens is 3. The number of anilines is 2. The van der Waals surface area contributed by atoms with Crippen LogP contribution in [0.15, 0.2) is 42.9 Å². The van der Waals surface area contributed by atoms with Crippen molar-refractivity contribution in [2.24, 2.45) is 0 Å². The van der Waals surface area contributed by atoms with Gasteiger partial charge in [0.15, 0.2) is 0 Å². The molecule has 5 nitrogen and oxygen atoms in total. The Labute approximate surface area is 158 Å². The van der Waals surface area contributed by atoms with Crippen molar-refractivity contribution in [1.82, 2.24) is 15.2 Å². The van der Waals surface area contributed by atoms with E-state index in [0.29, 0.717) is 18.9 Å². The summed E-state index contributed by atoms with van der Waals surface area (Å²) in [7, 11) is 0. The minimum absolute atomic E-state index is 0.0839. The third-order valence-electron chi connectivity index (χ3n) is 4.45. The summed E-state index contributed by atoms with van der Waals surface area (Å²) in [5.74, 6) is 0.643. The second kappa shape index (κ2) is 6.77. The number of alkyl halides is 3. The molecule has 2 aromatic heterocycles. The molecule has 4 rings (SSSR count). The highest BCUT2D eigenvalue weighted by molar-refractivity contribution is 6.30. The smallest absolute Gasteiger partial charge is 0.367 e. The predicted octanol–water partition coefficient (Wildman–Crippen LogP) is 4.58. The molecule has 3 heterocycles. The van der Waals surface area contributed by atoms with Gasteiger partial charge in [-0.05, 0) is 29.8 Å². The SMILES string of the molecule is FC(F)(F)c1ccc(Cl)cc1CN1CCNc2ncc(-c3cn[nH]c3)cc21. The Morgan fingerprint density at radius 3 is 2.74 bits per heavy atom. The number of nitrogens with zero attached hydrogens (tertiary/aromatic N) is 3. The summed E-state index contributed by atoms with van der Waals surface area (Å²) < 4.78 is 40.2. The lowest BCUT2D eigenvalue weighted by atomic mass is 10.1. The summed E-state index contributed by atoms with van der Waals surface area (Å²) in [6, 6.07) is 5.57. The van der Waals surface area contributed by atoms with Gasteiger partial charge in [-0.3, -0.25) is 5.10 Å². The quantitative estimate of drug-likeness (QED) is 0.684. The second-order valence-corrected chi connectivity index (χ2v) is 6.66. The average Bonchev–Trinajstić information content (AvgIpc) is 3.15. The van der Waals surface area contributed by atoms with Crippen LogP contribution in [0.5, 0.6) is 0 Å². The molecular weight excluding hydrogens is 379 g/mol. The molecule has 0 unspecified atom stereocenters. The molecule has 0 saturated carbocycles. The van der Waals surface area contributed by atoms with Gasteiger partial charge in [0, 0.05) is 48.2 Å². The van der Waals surface area contributed by atoms with Gasteiger partial charge < -0.3 is 10.2 Å². The Bertz CT molecular complexity index is 956. The van der Waals surface area contributed by atoms with Crippen LogP contribution in [0, 0.1) is 0 Å². The topological polar surface area (TPSA) is 56.8 Å². The molecule has 3 aromatic rings. The molecule has 0 atom stereocenters. The summed E-state index contributed by atoms with van der Waals surface area (Å²) in [6.45, 7) is 1.22. The Balaban J connectivity index is 1.72. The lowest BCUT2D eigenvalue weighted by molar-refractivity contribution is -0.138. The van der Waals surface area contributed by atoms with Gasteiger partial charge in [0.1, 0.15) is 5.82 Å². The summed E-state index contributed by atoms with van der Waals surface area (Å²) in [4.78, 5) is 6.29. The molecule has 140 valence electrons. The molecule has 27 heavy (non-hydrogen) atoms. The molecule has 1 aliphatic rings. The monoisotopic (exact) mass is 393 g/mol. The summed E-state index contributed by atoms with van der Waals surface area (Å²) in [6.07, 6.45) is 0.680. The standard InChI is InChI=1S/C18H15ClF3N5/c19-14-1-2-15(18(20,21)22)12(5-14)10-27-4-3-23-17-16(27)6-11(7-24-17)13-8-25-26-9-13/h1-2,5-9H,3-4,10H2,(H,23,24)(H,25,26). The number of H-pyrrole nitrogens is 1. The van der Waals surface area contributed by atoms with E-state index in [4.69, 9.17) is 11.6 Å². The Kier molecular flexibility index (Phi) is 4.43. The number of rotatable bonds is 3. The van der Waals surface area contributed by atoms with Crippen molar-refractivity contribution >= 4 is 23.1 Å². The van der Waals surface area contributed by atoms with Gasteiger partial charge in [-0.15, -0.1) is 0 Å². The van der Waals surface area contributed by atoms with Crippen LogP contribution < -0.4 is 10.2 Å². The first kappa shape index (κ1) is 17.7. The maximum absolute atomic E-state index is 13.4. The fourth-order valence-corrected chi connectivity index (χ4v) is 3.36. The highest BCUT2D eigenvalue weighted by Crippen LogP contribution is 2.37. The van der Waals surface area contributed by atoms with Crippen molar-refractivity contribution in [3.8, 4) is 11.1 Å². The Hall–Kier alpha value is -2.74. The third-order valence-corrected chi connectivity index (χ3v) is 4.68. The van der Waals surface area contributed by atoms with Crippen LogP contribution in [0.1, 0.15) is 11.1 Å². The maximum atomic E-state index is 13.4. The zero-order valence-corrected chi connectivity index (χ0v) is 14.8. The number of nitrogens with one attached hydrogen (secondary N) is 2. The van der Waals surface area contributed by atoms with E-state index in [1.807, 2.05) is 11.0 Å². The molecule has 1 aliphatic heterocycles. The van der Waals surface area contributed by atoms with Crippen LogP contribution in [-0.2, 0) is 12.7 Å². The van der Waals surface area contributed by atoms with E-state index in [9.17, 15) is 13.2 Å². The van der Waals surface area contributed by atoms with Crippen LogP contribution in [0.3, 0.4) is 0 Å². The molecule has 0 fully saturated rings. The van der Waals surface area contributed by atoms with Gasteiger partial charge in [0.25, 0.3) is 0 Å². The van der Waals surface area contributed by atoms with Crippen molar-refractivity contribution in [3.05, 3.63) is 59.0 Å². The number of halogens is 4. The number of pyridine rings is 1. The Morgan fingerprint density at radius 2 is 2.00 bits per heavy atom. The molecule has 0 spiro atoms. The molecule has 9 heteroatoms.